The van der Waals surface area contributed by atoms with Gasteiger partial charge in [0.1, 0.15) is 5.82 Å². The molecule has 1 N–H and O–H groups in total. The largest absolute Gasteiger partial charge is 0.354 e. The second-order valence-electron chi connectivity index (χ2n) is 4.82. The highest BCUT2D eigenvalue weighted by molar-refractivity contribution is 7.82. The zero-order valence-corrected chi connectivity index (χ0v) is 13.5. The average Bonchev–Trinajstić information content (AvgIpc) is 2.89. The first-order valence-electron chi connectivity index (χ1n) is 6.57. The van der Waals surface area contributed by atoms with Gasteiger partial charge in [-0.2, -0.15) is 0 Å². The van der Waals surface area contributed by atoms with Crippen molar-refractivity contribution < 1.29 is 13.7 Å². The minimum Gasteiger partial charge on any atom is -0.354 e. The van der Waals surface area contributed by atoms with Crippen molar-refractivity contribution in [3.8, 4) is 0 Å². The molecular weight excluding hydrogens is 341 g/mol. The van der Waals surface area contributed by atoms with Crippen LogP contribution in [-0.2, 0) is 0 Å². The van der Waals surface area contributed by atoms with E-state index in [-0.39, 0.29) is 11.4 Å². The Balaban J connectivity index is 1.88. The molecule has 0 aliphatic rings. The van der Waals surface area contributed by atoms with Gasteiger partial charge in [-0.05, 0) is 30.7 Å². The first-order valence-corrected chi connectivity index (χ1v) is 7.35. The summed E-state index contributed by atoms with van der Waals surface area (Å²) in [6, 6.07) is 8.60. The minimum absolute atomic E-state index is 0.175. The van der Waals surface area contributed by atoms with Gasteiger partial charge in [0.05, 0.1) is 16.1 Å². The van der Waals surface area contributed by atoms with Crippen LogP contribution in [0.1, 0.15) is 5.56 Å². The first kappa shape index (κ1) is 15.6. The summed E-state index contributed by atoms with van der Waals surface area (Å²) >= 11 is 10.3. The predicted molar refractivity (Wildman–Crippen MR) is 90.6 cm³/mol. The van der Waals surface area contributed by atoms with Gasteiger partial charge < -0.3 is 4.52 Å². The van der Waals surface area contributed by atoms with E-state index in [4.69, 9.17) is 16.1 Å². The lowest BCUT2D eigenvalue weighted by Crippen LogP contribution is -2.27. The summed E-state index contributed by atoms with van der Waals surface area (Å²) < 4.78 is 19.2. The van der Waals surface area contributed by atoms with Crippen molar-refractivity contribution in [1.82, 2.24) is 5.16 Å². The van der Waals surface area contributed by atoms with Gasteiger partial charge in [-0.15, -0.1) is 0 Å². The van der Waals surface area contributed by atoms with Crippen molar-refractivity contribution >= 4 is 52.9 Å². The fourth-order valence-electron chi connectivity index (χ4n) is 2.15. The Hall–Kier alpha value is -2.25. The topological polar surface area (TPSA) is 58.4 Å². The summed E-state index contributed by atoms with van der Waals surface area (Å²) in [5, 5.41) is 7.17. The summed E-state index contributed by atoms with van der Waals surface area (Å²) in [7, 11) is 0. The Morgan fingerprint density at radius 1 is 1.39 bits per heavy atom. The van der Waals surface area contributed by atoms with Crippen LogP contribution in [0.25, 0.3) is 11.0 Å². The number of benzene rings is 2. The molecule has 3 rings (SSSR count). The maximum atomic E-state index is 13.1. The molecule has 0 bridgehead atoms. The van der Waals surface area contributed by atoms with Crippen LogP contribution >= 0.6 is 24.4 Å². The number of hydrogen-bond donors (Lipinski definition) is 2. The molecular formula is C15H11ClFN3O2S. The summed E-state index contributed by atoms with van der Waals surface area (Å²) in [5.41, 5.74) is 1.49. The lowest BCUT2D eigenvalue weighted by molar-refractivity contribution is 0.260. The Labute approximate surface area is 141 Å². The van der Waals surface area contributed by atoms with E-state index in [1.807, 2.05) is 13.0 Å². The van der Waals surface area contributed by atoms with E-state index in [0.29, 0.717) is 16.1 Å². The van der Waals surface area contributed by atoms with Crippen LogP contribution in [0.15, 0.2) is 40.9 Å². The van der Waals surface area contributed by atoms with Gasteiger partial charge in [-0.25, -0.2) is 13.5 Å². The zero-order valence-electron chi connectivity index (χ0n) is 11.9. The standard InChI is InChI=1S/C15H11ClFN3O2S/c1-8-3-2-4-11(16)13(8)20(23)15(21)18-14-10-6-5-9(17)7-12(10)22-19-14/h2-7,23H,1H3,(H,18,19,21). The molecule has 0 fully saturated rings. The molecule has 0 unspecified atom stereocenters. The lowest BCUT2D eigenvalue weighted by Gasteiger charge is -2.19. The van der Waals surface area contributed by atoms with Gasteiger partial charge in [0.15, 0.2) is 11.4 Å². The van der Waals surface area contributed by atoms with Crippen LogP contribution in [0.4, 0.5) is 20.7 Å². The number of para-hydroxylation sites is 1. The van der Waals surface area contributed by atoms with Gasteiger partial charge in [0, 0.05) is 6.07 Å². The lowest BCUT2D eigenvalue weighted by atomic mass is 10.2. The third-order valence-electron chi connectivity index (χ3n) is 3.25. The van der Waals surface area contributed by atoms with Crippen LogP contribution in [0.2, 0.25) is 5.02 Å². The number of halogens is 2. The number of nitrogens with zero attached hydrogens (tertiary/aromatic N) is 2. The number of amides is 2. The number of fused-ring (bicyclic) bond motifs is 1. The van der Waals surface area contributed by atoms with Crippen molar-refractivity contribution in [3.63, 3.8) is 0 Å². The second-order valence-corrected chi connectivity index (χ2v) is 5.63. The number of anilines is 2. The summed E-state index contributed by atoms with van der Waals surface area (Å²) in [6.07, 6.45) is 0. The van der Waals surface area contributed by atoms with Gasteiger partial charge in [0.25, 0.3) is 0 Å². The number of carbonyl (C=O) groups excluding carboxylic acids is 1. The van der Waals surface area contributed by atoms with Crippen LogP contribution in [0.5, 0.6) is 0 Å². The Kier molecular flexibility index (Phi) is 4.14. The molecule has 0 atom stereocenters. The Morgan fingerprint density at radius 2 is 2.17 bits per heavy atom. The van der Waals surface area contributed by atoms with E-state index >= 15 is 0 Å². The molecule has 0 spiro atoms. The smallest absolute Gasteiger partial charge is 0.337 e. The summed E-state index contributed by atoms with van der Waals surface area (Å²) in [4.78, 5) is 12.3. The number of carbonyl (C=O) groups is 1. The van der Waals surface area contributed by atoms with Gasteiger partial charge in [0.2, 0.25) is 0 Å². The fraction of sp³-hybridized carbons (Fsp3) is 0.0667. The predicted octanol–water partition coefficient (Wildman–Crippen LogP) is 4.81. The molecule has 0 saturated heterocycles. The first-order chi connectivity index (χ1) is 11.0. The van der Waals surface area contributed by atoms with Gasteiger partial charge >= 0.3 is 6.03 Å². The van der Waals surface area contributed by atoms with Crippen molar-refractivity contribution in [2.24, 2.45) is 0 Å². The number of aromatic nitrogens is 1. The molecule has 1 aromatic heterocycles. The van der Waals surface area contributed by atoms with Crippen molar-refractivity contribution in [3.05, 3.63) is 52.8 Å². The monoisotopic (exact) mass is 351 g/mol. The molecule has 0 saturated carbocycles. The molecule has 2 aromatic carbocycles. The van der Waals surface area contributed by atoms with Crippen molar-refractivity contribution in [1.29, 1.82) is 0 Å². The number of nitrogens with one attached hydrogen (secondary N) is 1. The fourth-order valence-corrected chi connectivity index (χ4v) is 2.83. The average molecular weight is 352 g/mol. The molecule has 0 aliphatic carbocycles. The van der Waals surface area contributed by atoms with Crippen LogP contribution in [0, 0.1) is 12.7 Å². The van der Waals surface area contributed by atoms with E-state index in [0.717, 1.165) is 9.87 Å². The summed E-state index contributed by atoms with van der Waals surface area (Å²) in [6.45, 7) is 1.81. The zero-order chi connectivity index (χ0) is 16.6. The molecule has 2 amide bonds. The number of rotatable bonds is 2. The Morgan fingerprint density at radius 3 is 2.91 bits per heavy atom. The van der Waals surface area contributed by atoms with E-state index in [2.05, 4.69) is 23.3 Å². The molecule has 3 aromatic rings. The van der Waals surface area contributed by atoms with E-state index < -0.39 is 11.8 Å². The van der Waals surface area contributed by atoms with Crippen LogP contribution < -0.4 is 9.62 Å². The van der Waals surface area contributed by atoms with E-state index in [1.54, 1.807) is 12.1 Å². The highest BCUT2D eigenvalue weighted by atomic mass is 35.5. The Bertz CT molecular complexity index is 879. The number of hydrogen-bond acceptors (Lipinski definition) is 4. The molecule has 1 heterocycles. The quantitative estimate of drug-likeness (QED) is 0.651. The van der Waals surface area contributed by atoms with Crippen molar-refractivity contribution in [2.75, 3.05) is 9.62 Å². The second kappa shape index (κ2) is 6.10. The minimum atomic E-state index is -0.566. The highest BCUT2D eigenvalue weighted by Gasteiger charge is 2.20. The molecule has 0 radical (unpaired) electrons. The van der Waals surface area contributed by atoms with E-state index in [1.165, 1.54) is 18.2 Å². The number of urea groups is 1. The molecule has 5 nitrogen and oxygen atoms in total. The third-order valence-corrected chi connectivity index (χ3v) is 3.94. The third kappa shape index (κ3) is 2.97. The molecule has 23 heavy (non-hydrogen) atoms. The maximum absolute atomic E-state index is 13.1. The van der Waals surface area contributed by atoms with Gasteiger partial charge in [-0.1, -0.05) is 41.7 Å². The molecule has 118 valence electrons. The number of aryl methyl sites for hydroxylation is 1. The number of thiol groups is 1. The van der Waals surface area contributed by atoms with Crippen LogP contribution in [0.3, 0.4) is 0 Å². The highest BCUT2D eigenvalue weighted by Crippen LogP contribution is 2.31. The van der Waals surface area contributed by atoms with Crippen molar-refractivity contribution in [2.45, 2.75) is 6.92 Å². The SMILES string of the molecule is Cc1cccc(Cl)c1N(S)C(=O)Nc1noc2cc(F)ccc12. The normalized spacial score (nSPS) is 10.8. The van der Waals surface area contributed by atoms with Crippen LogP contribution in [-0.4, -0.2) is 11.2 Å². The molecule has 0 aliphatic heterocycles. The summed E-state index contributed by atoms with van der Waals surface area (Å²) in [5.74, 6) is -0.275. The maximum Gasteiger partial charge on any atom is 0.337 e. The van der Waals surface area contributed by atoms with Gasteiger partial charge in [-0.3, -0.25) is 5.32 Å². The van der Waals surface area contributed by atoms with E-state index in [9.17, 15) is 9.18 Å². The molecule has 8 heteroatoms.